The molecule has 2 N–H and O–H groups in total. The summed E-state index contributed by atoms with van der Waals surface area (Å²) in [4.78, 5) is 8.46. The number of benzene rings is 1. The molecule has 0 radical (unpaired) electrons. The fraction of sp³-hybridized carbons (Fsp3) is 0.143. The van der Waals surface area contributed by atoms with Crippen molar-refractivity contribution in [1.29, 1.82) is 0 Å². The molecule has 0 saturated carbocycles. The largest absolute Gasteiger partial charge is 0.454 e. The number of furan rings is 1. The highest BCUT2D eigenvalue weighted by molar-refractivity contribution is 6.31. The fourth-order valence-electron chi connectivity index (χ4n) is 1.98. The van der Waals surface area contributed by atoms with Gasteiger partial charge in [-0.15, -0.1) is 0 Å². The van der Waals surface area contributed by atoms with Crippen LogP contribution in [0.5, 0.6) is 0 Å². The molecule has 0 spiro atoms. The van der Waals surface area contributed by atoms with Crippen LogP contribution in [-0.4, -0.2) is 17.1 Å². The molecule has 0 saturated heterocycles. The number of methoxy groups -OCH3 is 1. The van der Waals surface area contributed by atoms with Gasteiger partial charge in [0.05, 0.1) is 0 Å². The lowest BCUT2D eigenvalue weighted by molar-refractivity contribution is 0.178. The molecular weight excluding hydrogens is 278 g/mol. The van der Waals surface area contributed by atoms with Gasteiger partial charge < -0.3 is 14.9 Å². The minimum Gasteiger partial charge on any atom is -0.454 e. The van der Waals surface area contributed by atoms with Crippen molar-refractivity contribution in [3.05, 3.63) is 41.2 Å². The van der Waals surface area contributed by atoms with Crippen molar-refractivity contribution in [1.82, 2.24) is 9.97 Å². The van der Waals surface area contributed by atoms with Crippen LogP contribution in [0.3, 0.4) is 0 Å². The molecular formula is C14H12ClN3O2. The van der Waals surface area contributed by atoms with E-state index in [1.807, 2.05) is 18.2 Å². The number of halogens is 1. The SMILES string of the molecule is COCc1nc(N)cc(-c2cc3cc(Cl)ccc3o2)n1. The standard InChI is InChI=1S/C14H12ClN3O2/c1-19-7-14-17-10(6-13(16)18-14)12-5-8-4-9(15)2-3-11(8)20-12/h2-6H,7H2,1H3,(H2,16,17,18). The van der Waals surface area contributed by atoms with Gasteiger partial charge in [0, 0.05) is 23.6 Å². The predicted octanol–water partition coefficient (Wildman–Crippen LogP) is 3.27. The van der Waals surface area contributed by atoms with Gasteiger partial charge in [0.25, 0.3) is 0 Å². The van der Waals surface area contributed by atoms with E-state index in [-0.39, 0.29) is 0 Å². The third-order valence-corrected chi connectivity index (χ3v) is 3.03. The Kier molecular flexibility index (Phi) is 3.30. The summed E-state index contributed by atoms with van der Waals surface area (Å²) in [7, 11) is 1.58. The van der Waals surface area contributed by atoms with Gasteiger partial charge in [-0.2, -0.15) is 0 Å². The molecule has 2 aromatic heterocycles. The maximum atomic E-state index is 5.96. The summed E-state index contributed by atoms with van der Waals surface area (Å²) in [5.41, 5.74) is 7.14. The van der Waals surface area contributed by atoms with Crippen LogP contribution in [0.15, 0.2) is 34.7 Å². The first-order valence-electron chi connectivity index (χ1n) is 5.97. The van der Waals surface area contributed by atoms with E-state index in [0.717, 1.165) is 11.0 Å². The lowest BCUT2D eigenvalue weighted by Gasteiger charge is -2.02. The zero-order valence-electron chi connectivity index (χ0n) is 10.8. The quantitative estimate of drug-likeness (QED) is 0.801. The molecule has 0 amide bonds. The van der Waals surface area contributed by atoms with E-state index in [9.17, 15) is 0 Å². The number of nitrogen functional groups attached to an aromatic ring is 1. The zero-order chi connectivity index (χ0) is 14.1. The number of hydrogen-bond acceptors (Lipinski definition) is 5. The van der Waals surface area contributed by atoms with Crippen LogP contribution < -0.4 is 5.73 Å². The van der Waals surface area contributed by atoms with Gasteiger partial charge in [0.15, 0.2) is 11.6 Å². The van der Waals surface area contributed by atoms with Crippen molar-refractivity contribution in [3.63, 3.8) is 0 Å². The molecule has 102 valence electrons. The molecule has 0 atom stereocenters. The van der Waals surface area contributed by atoms with Crippen molar-refractivity contribution < 1.29 is 9.15 Å². The molecule has 2 heterocycles. The minimum atomic E-state index is 0.296. The third kappa shape index (κ3) is 2.45. The summed E-state index contributed by atoms with van der Waals surface area (Å²) in [5.74, 6) is 1.51. The second kappa shape index (κ2) is 5.11. The van der Waals surface area contributed by atoms with E-state index in [2.05, 4.69) is 9.97 Å². The number of rotatable bonds is 3. The Morgan fingerprint density at radius 1 is 1.25 bits per heavy atom. The molecule has 0 aliphatic rings. The van der Waals surface area contributed by atoms with Gasteiger partial charge in [0.2, 0.25) is 0 Å². The van der Waals surface area contributed by atoms with Crippen molar-refractivity contribution in [2.75, 3.05) is 12.8 Å². The van der Waals surface area contributed by atoms with Crippen molar-refractivity contribution >= 4 is 28.4 Å². The van der Waals surface area contributed by atoms with Crippen molar-refractivity contribution in [2.45, 2.75) is 6.61 Å². The Balaban J connectivity index is 2.10. The Hall–Kier alpha value is -2.11. The lowest BCUT2D eigenvalue weighted by atomic mass is 10.2. The maximum absolute atomic E-state index is 5.96. The van der Waals surface area contributed by atoms with E-state index >= 15 is 0 Å². The number of fused-ring (bicyclic) bond motifs is 1. The highest BCUT2D eigenvalue weighted by Crippen LogP contribution is 2.29. The molecule has 1 aromatic carbocycles. The fourth-order valence-corrected chi connectivity index (χ4v) is 2.16. The first-order valence-corrected chi connectivity index (χ1v) is 6.35. The molecule has 20 heavy (non-hydrogen) atoms. The zero-order valence-corrected chi connectivity index (χ0v) is 11.5. The normalized spacial score (nSPS) is 11.1. The highest BCUT2D eigenvalue weighted by atomic mass is 35.5. The summed E-state index contributed by atoms with van der Waals surface area (Å²) in [6.45, 7) is 0.296. The van der Waals surface area contributed by atoms with E-state index in [1.54, 1.807) is 19.2 Å². The third-order valence-electron chi connectivity index (χ3n) is 2.80. The van der Waals surface area contributed by atoms with E-state index < -0.39 is 0 Å². The number of anilines is 1. The number of aromatic nitrogens is 2. The van der Waals surface area contributed by atoms with Crippen molar-refractivity contribution in [2.24, 2.45) is 0 Å². The van der Waals surface area contributed by atoms with Gasteiger partial charge in [-0.25, -0.2) is 9.97 Å². The molecule has 0 unspecified atom stereocenters. The van der Waals surface area contributed by atoms with Crippen LogP contribution in [0.2, 0.25) is 5.02 Å². The number of nitrogens with zero attached hydrogens (tertiary/aromatic N) is 2. The van der Waals surface area contributed by atoms with Gasteiger partial charge in [-0.1, -0.05) is 11.6 Å². The molecule has 0 aliphatic heterocycles. The van der Waals surface area contributed by atoms with E-state index in [0.29, 0.717) is 34.7 Å². The Labute approximate surface area is 120 Å². The highest BCUT2D eigenvalue weighted by Gasteiger charge is 2.10. The Morgan fingerprint density at radius 2 is 2.10 bits per heavy atom. The van der Waals surface area contributed by atoms with Gasteiger partial charge in [-0.05, 0) is 24.3 Å². The van der Waals surface area contributed by atoms with E-state index in [1.165, 1.54) is 0 Å². The van der Waals surface area contributed by atoms with Gasteiger partial charge in [-0.3, -0.25) is 0 Å². The average molecular weight is 290 g/mol. The molecule has 0 fully saturated rings. The number of nitrogens with two attached hydrogens (primary N) is 1. The second-order valence-electron chi connectivity index (χ2n) is 4.32. The predicted molar refractivity (Wildman–Crippen MR) is 77.4 cm³/mol. The van der Waals surface area contributed by atoms with Crippen LogP contribution in [0.25, 0.3) is 22.4 Å². The molecule has 3 aromatic rings. The summed E-state index contributed by atoms with van der Waals surface area (Å²) in [6.07, 6.45) is 0. The maximum Gasteiger partial charge on any atom is 0.157 e. The Morgan fingerprint density at radius 3 is 2.90 bits per heavy atom. The van der Waals surface area contributed by atoms with Gasteiger partial charge >= 0.3 is 0 Å². The first-order chi connectivity index (χ1) is 9.65. The van der Waals surface area contributed by atoms with Crippen LogP contribution in [0.4, 0.5) is 5.82 Å². The molecule has 5 nitrogen and oxygen atoms in total. The second-order valence-corrected chi connectivity index (χ2v) is 4.76. The van der Waals surface area contributed by atoms with Gasteiger partial charge in [0.1, 0.15) is 23.7 Å². The first kappa shape index (κ1) is 12.9. The Bertz CT molecular complexity index is 770. The summed E-state index contributed by atoms with van der Waals surface area (Å²) < 4.78 is 10.8. The molecule has 0 aliphatic carbocycles. The summed E-state index contributed by atoms with van der Waals surface area (Å²) in [5, 5.41) is 1.57. The number of hydrogen-bond donors (Lipinski definition) is 1. The smallest absolute Gasteiger partial charge is 0.157 e. The van der Waals surface area contributed by atoms with Crippen LogP contribution in [0, 0.1) is 0 Å². The molecule has 0 bridgehead atoms. The minimum absolute atomic E-state index is 0.296. The van der Waals surface area contributed by atoms with Crippen molar-refractivity contribution in [3.8, 4) is 11.5 Å². The molecule has 3 rings (SSSR count). The number of ether oxygens (including phenoxy) is 1. The lowest BCUT2D eigenvalue weighted by Crippen LogP contribution is -2.02. The molecule has 6 heteroatoms. The van der Waals surface area contributed by atoms with Crippen LogP contribution in [0.1, 0.15) is 5.82 Å². The van der Waals surface area contributed by atoms with Crippen LogP contribution >= 0.6 is 11.6 Å². The average Bonchev–Trinajstić information content (AvgIpc) is 2.81. The summed E-state index contributed by atoms with van der Waals surface area (Å²) >= 11 is 5.96. The summed E-state index contributed by atoms with van der Waals surface area (Å²) in [6, 6.07) is 8.98. The van der Waals surface area contributed by atoms with E-state index in [4.69, 9.17) is 26.5 Å². The van der Waals surface area contributed by atoms with Crippen LogP contribution in [-0.2, 0) is 11.3 Å². The monoisotopic (exact) mass is 289 g/mol. The topological polar surface area (TPSA) is 74.2 Å².